The van der Waals surface area contributed by atoms with Gasteiger partial charge in [-0.1, -0.05) is 18.2 Å². The van der Waals surface area contributed by atoms with Crippen LogP contribution in [0.4, 0.5) is 0 Å². The summed E-state index contributed by atoms with van der Waals surface area (Å²) in [5.74, 6) is 0.0873. The molecule has 0 atom stereocenters. The van der Waals surface area contributed by atoms with E-state index in [1.165, 1.54) is 34.2 Å². The first-order chi connectivity index (χ1) is 11.3. The first kappa shape index (κ1) is 14.5. The van der Waals surface area contributed by atoms with Gasteiger partial charge in [-0.2, -0.15) is 0 Å². The fourth-order valence-electron chi connectivity index (χ4n) is 3.43. The van der Waals surface area contributed by atoms with Gasteiger partial charge in [0.05, 0.1) is 5.56 Å². The molecule has 2 N–H and O–H groups in total. The van der Waals surface area contributed by atoms with Gasteiger partial charge in [0.15, 0.2) is 0 Å². The van der Waals surface area contributed by atoms with E-state index in [4.69, 9.17) is 0 Å². The minimum atomic E-state index is 0.0873. The van der Waals surface area contributed by atoms with Gasteiger partial charge in [0.2, 0.25) is 0 Å². The van der Waals surface area contributed by atoms with Crippen LogP contribution in [0.15, 0.2) is 35.8 Å². The lowest BCUT2D eigenvalue weighted by atomic mass is 9.95. The minimum absolute atomic E-state index is 0.0873. The third kappa shape index (κ3) is 2.79. The summed E-state index contributed by atoms with van der Waals surface area (Å²) in [5, 5.41) is 6.38. The molecule has 1 aliphatic carbocycles. The Kier molecular flexibility index (Phi) is 3.92. The SMILES string of the molecule is O=C(NCCc1c[nH]c2ccccc12)c1csc2c1CCCC2. The second kappa shape index (κ2) is 6.20. The van der Waals surface area contributed by atoms with Crippen LogP contribution < -0.4 is 5.32 Å². The second-order valence-corrected chi connectivity index (χ2v) is 7.09. The summed E-state index contributed by atoms with van der Waals surface area (Å²) < 4.78 is 0. The highest BCUT2D eigenvalue weighted by Gasteiger charge is 2.19. The van der Waals surface area contributed by atoms with Crippen molar-refractivity contribution in [3.8, 4) is 0 Å². The average Bonchev–Trinajstić information content (AvgIpc) is 3.19. The molecule has 0 bridgehead atoms. The van der Waals surface area contributed by atoms with Gasteiger partial charge in [-0.15, -0.1) is 11.3 Å². The van der Waals surface area contributed by atoms with E-state index in [0.717, 1.165) is 30.3 Å². The summed E-state index contributed by atoms with van der Waals surface area (Å²) in [6.07, 6.45) is 7.56. The number of aromatic amines is 1. The predicted octanol–water partition coefficient (Wildman–Crippen LogP) is 4.08. The molecule has 0 saturated carbocycles. The van der Waals surface area contributed by atoms with E-state index in [1.54, 1.807) is 11.3 Å². The summed E-state index contributed by atoms with van der Waals surface area (Å²) in [5.41, 5.74) is 4.61. The molecule has 118 valence electrons. The van der Waals surface area contributed by atoms with Crippen LogP contribution in [0.25, 0.3) is 10.9 Å². The van der Waals surface area contributed by atoms with Gasteiger partial charge in [0, 0.05) is 33.9 Å². The Morgan fingerprint density at radius 1 is 1.22 bits per heavy atom. The molecule has 1 amide bonds. The number of hydrogen-bond acceptors (Lipinski definition) is 2. The monoisotopic (exact) mass is 324 g/mol. The number of para-hydroxylation sites is 1. The van der Waals surface area contributed by atoms with Crippen molar-refractivity contribution in [2.75, 3.05) is 6.54 Å². The molecule has 0 unspecified atom stereocenters. The third-order valence-electron chi connectivity index (χ3n) is 4.66. The number of H-pyrrole nitrogens is 1. The maximum atomic E-state index is 12.5. The van der Waals surface area contributed by atoms with Gasteiger partial charge >= 0.3 is 0 Å². The van der Waals surface area contributed by atoms with Crippen LogP contribution in [0.2, 0.25) is 0 Å². The lowest BCUT2D eigenvalue weighted by Gasteiger charge is -2.12. The second-order valence-electron chi connectivity index (χ2n) is 6.12. The Morgan fingerprint density at radius 2 is 2.09 bits per heavy atom. The van der Waals surface area contributed by atoms with Crippen LogP contribution in [0.3, 0.4) is 0 Å². The van der Waals surface area contributed by atoms with Gasteiger partial charge < -0.3 is 10.3 Å². The molecular weight excluding hydrogens is 304 g/mol. The molecule has 3 nitrogen and oxygen atoms in total. The fourth-order valence-corrected chi connectivity index (χ4v) is 4.55. The number of carbonyl (C=O) groups excluding carboxylic acids is 1. The molecule has 4 rings (SSSR count). The number of fused-ring (bicyclic) bond motifs is 2. The van der Waals surface area contributed by atoms with Crippen molar-refractivity contribution < 1.29 is 4.79 Å². The van der Waals surface area contributed by atoms with Gasteiger partial charge in [-0.05, 0) is 49.3 Å². The topological polar surface area (TPSA) is 44.9 Å². The first-order valence-electron chi connectivity index (χ1n) is 8.25. The van der Waals surface area contributed by atoms with E-state index >= 15 is 0 Å². The summed E-state index contributed by atoms with van der Waals surface area (Å²) in [6, 6.07) is 8.29. The number of benzene rings is 1. The van der Waals surface area contributed by atoms with Crippen molar-refractivity contribution in [3.63, 3.8) is 0 Å². The van der Waals surface area contributed by atoms with E-state index in [-0.39, 0.29) is 5.91 Å². The van der Waals surface area contributed by atoms with Gasteiger partial charge in [-0.25, -0.2) is 0 Å². The van der Waals surface area contributed by atoms with Crippen molar-refractivity contribution in [2.24, 2.45) is 0 Å². The maximum absolute atomic E-state index is 12.5. The summed E-state index contributed by atoms with van der Waals surface area (Å²) in [4.78, 5) is 17.2. The van der Waals surface area contributed by atoms with E-state index < -0.39 is 0 Å². The molecule has 1 aliphatic rings. The summed E-state index contributed by atoms with van der Waals surface area (Å²) in [6.45, 7) is 0.672. The van der Waals surface area contributed by atoms with Crippen LogP contribution in [0, 0.1) is 0 Å². The Bertz CT molecular complexity index is 846. The Morgan fingerprint density at radius 3 is 3.04 bits per heavy atom. The van der Waals surface area contributed by atoms with E-state index in [0.29, 0.717) is 6.54 Å². The van der Waals surface area contributed by atoms with Gasteiger partial charge in [-0.3, -0.25) is 4.79 Å². The van der Waals surface area contributed by atoms with Crippen LogP contribution in [0.1, 0.15) is 39.2 Å². The third-order valence-corrected chi connectivity index (χ3v) is 5.75. The molecule has 3 aromatic rings. The van der Waals surface area contributed by atoms with Crippen LogP contribution in [0.5, 0.6) is 0 Å². The molecule has 23 heavy (non-hydrogen) atoms. The molecule has 0 aliphatic heterocycles. The molecule has 0 spiro atoms. The molecule has 0 saturated heterocycles. The fraction of sp³-hybridized carbons (Fsp3) is 0.316. The highest BCUT2D eigenvalue weighted by molar-refractivity contribution is 7.10. The highest BCUT2D eigenvalue weighted by atomic mass is 32.1. The summed E-state index contributed by atoms with van der Waals surface area (Å²) >= 11 is 1.75. The average molecular weight is 324 g/mol. The van der Waals surface area contributed by atoms with Crippen molar-refractivity contribution in [1.29, 1.82) is 0 Å². The molecule has 2 heterocycles. The number of aryl methyl sites for hydroxylation is 1. The van der Waals surface area contributed by atoms with Crippen molar-refractivity contribution in [1.82, 2.24) is 10.3 Å². The van der Waals surface area contributed by atoms with Gasteiger partial charge in [0.1, 0.15) is 0 Å². The molecular formula is C19H20N2OS. The number of thiophene rings is 1. The minimum Gasteiger partial charge on any atom is -0.361 e. The number of nitrogens with one attached hydrogen (secondary N) is 2. The number of hydrogen-bond donors (Lipinski definition) is 2. The standard InChI is InChI=1S/C19H20N2OS/c22-19(16-12-23-18-8-4-2-6-15(16)18)20-10-9-13-11-21-17-7-3-1-5-14(13)17/h1,3,5,7,11-12,21H,2,4,6,8-10H2,(H,20,22). The zero-order valence-electron chi connectivity index (χ0n) is 13.0. The smallest absolute Gasteiger partial charge is 0.252 e. The largest absolute Gasteiger partial charge is 0.361 e. The van der Waals surface area contributed by atoms with Crippen molar-refractivity contribution in [3.05, 3.63) is 57.4 Å². The number of rotatable bonds is 4. The lowest BCUT2D eigenvalue weighted by molar-refractivity contribution is 0.0953. The summed E-state index contributed by atoms with van der Waals surface area (Å²) in [7, 11) is 0. The Hall–Kier alpha value is -2.07. The van der Waals surface area contributed by atoms with E-state index in [9.17, 15) is 4.79 Å². The van der Waals surface area contributed by atoms with Gasteiger partial charge in [0.25, 0.3) is 5.91 Å². The molecule has 2 aromatic heterocycles. The number of aromatic nitrogens is 1. The van der Waals surface area contributed by atoms with Crippen molar-refractivity contribution >= 4 is 28.1 Å². The maximum Gasteiger partial charge on any atom is 0.252 e. The van der Waals surface area contributed by atoms with Crippen molar-refractivity contribution in [2.45, 2.75) is 32.1 Å². The zero-order valence-corrected chi connectivity index (χ0v) is 13.8. The number of carbonyl (C=O) groups is 1. The van der Waals surface area contributed by atoms with E-state index in [2.05, 4.69) is 28.5 Å². The Labute approximate surface area is 139 Å². The highest BCUT2D eigenvalue weighted by Crippen LogP contribution is 2.30. The quantitative estimate of drug-likeness (QED) is 0.746. The van der Waals surface area contributed by atoms with Crippen LogP contribution in [-0.2, 0) is 19.3 Å². The Balaban J connectivity index is 1.41. The number of amides is 1. The molecule has 1 aromatic carbocycles. The molecule has 4 heteroatoms. The normalized spacial score (nSPS) is 13.9. The zero-order chi connectivity index (χ0) is 15.6. The van der Waals surface area contributed by atoms with Crippen LogP contribution in [-0.4, -0.2) is 17.4 Å². The van der Waals surface area contributed by atoms with Crippen LogP contribution >= 0.6 is 11.3 Å². The first-order valence-corrected chi connectivity index (χ1v) is 9.13. The lowest BCUT2D eigenvalue weighted by Crippen LogP contribution is -2.26. The molecule has 0 fully saturated rings. The predicted molar refractivity (Wildman–Crippen MR) is 95.3 cm³/mol. The van der Waals surface area contributed by atoms with E-state index in [1.807, 2.05) is 17.6 Å². The molecule has 0 radical (unpaired) electrons.